The summed E-state index contributed by atoms with van der Waals surface area (Å²) in [6.45, 7) is 2.11. The molecule has 0 N–H and O–H groups in total. The zero-order valence-electron chi connectivity index (χ0n) is 3.68. The molecule has 0 nitrogen and oxygen atoms in total. The van der Waals surface area contributed by atoms with Gasteiger partial charge in [0.15, 0.2) is 0 Å². The molecule has 0 saturated carbocycles. The van der Waals surface area contributed by atoms with E-state index in [1.54, 1.807) is 0 Å². The van der Waals surface area contributed by atoms with E-state index in [1.165, 1.54) is 0 Å². The van der Waals surface area contributed by atoms with Crippen LogP contribution in [0, 0.1) is 0 Å². The second kappa shape index (κ2) is 3.96. The average Bonchev–Trinajstić information content (AvgIpc) is 1.35. The Balaban J connectivity index is 3.07. The summed E-state index contributed by atoms with van der Waals surface area (Å²) in [6.07, 6.45) is 1.15. The Morgan fingerprint density at radius 3 is 2.00 bits per heavy atom. The molecule has 0 atom stereocenters. The molecular weight excluding hydrogens is 132 g/mol. The van der Waals surface area contributed by atoms with E-state index in [-0.39, 0.29) is 0 Å². The SMILES string of the molecule is CCC[SH](=S)=S. The fourth-order valence-corrected chi connectivity index (χ4v) is 1.64. The molecule has 0 bridgehead atoms. The van der Waals surface area contributed by atoms with Crippen LogP contribution in [0.5, 0.6) is 0 Å². The predicted molar refractivity (Wildman–Crippen MR) is 38.6 cm³/mol. The standard InChI is InChI=1S/C3H8S3/c1-2-3-6(4)5/h6H,2-3H2,1H3. The Hall–Kier alpha value is 0.790. The highest BCUT2D eigenvalue weighted by molar-refractivity contribution is 8.46. The van der Waals surface area contributed by atoms with Crippen molar-refractivity contribution in [2.75, 3.05) is 5.75 Å². The van der Waals surface area contributed by atoms with E-state index >= 15 is 0 Å². The first-order valence-corrected chi connectivity index (χ1v) is 5.44. The fraction of sp³-hybridized carbons (Fsp3) is 1.00. The van der Waals surface area contributed by atoms with Crippen molar-refractivity contribution in [2.24, 2.45) is 0 Å². The van der Waals surface area contributed by atoms with E-state index < -0.39 is 8.01 Å². The molecular formula is C3H8S3. The first-order valence-electron chi connectivity index (χ1n) is 1.89. The summed E-state index contributed by atoms with van der Waals surface area (Å²) >= 11 is 9.52. The van der Waals surface area contributed by atoms with E-state index in [0.717, 1.165) is 12.2 Å². The van der Waals surface area contributed by atoms with Gasteiger partial charge < -0.3 is 0 Å². The number of thiol groups is 1. The van der Waals surface area contributed by atoms with Gasteiger partial charge in [0.05, 0.1) is 0 Å². The smallest absolute Gasteiger partial charge is 0.000805 e. The Kier molecular flexibility index (Phi) is 4.48. The Morgan fingerprint density at radius 1 is 1.50 bits per heavy atom. The van der Waals surface area contributed by atoms with Crippen LogP contribution in [0.4, 0.5) is 0 Å². The van der Waals surface area contributed by atoms with Gasteiger partial charge in [-0.15, -0.1) is 8.01 Å². The quantitative estimate of drug-likeness (QED) is 0.560. The molecule has 0 aromatic rings. The van der Waals surface area contributed by atoms with E-state index in [0.29, 0.717) is 0 Å². The van der Waals surface area contributed by atoms with Gasteiger partial charge in [0.1, 0.15) is 0 Å². The molecule has 0 spiro atoms. The minimum atomic E-state index is -0.434. The van der Waals surface area contributed by atoms with Crippen LogP contribution in [0.15, 0.2) is 0 Å². The summed E-state index contributed by atoms with van der Waals surface area (Å²) in [4.78, 5) is 0. The lowest BCUT2D eigenvalue weighted by molar-refractivity contribution is 1.11. The van der Waals surface area contributed by atoms with Crippen LogP contribution in [-0.2, 0) is 30.4 Å². The van der Waals surface area contributed by atoms with Gasteiger partial charge in [0.2, 0.25) is 0 Å². The summed E-state index contributed by atoms with van der Waals surface area (Å²) in [5, 5.41) is 0. The van der Waals surface area contributed by atoms with Crippen molar-refractivity contribution < 1.29 is 0 Å². The third kappa shape index (κ3) is 4.79. The minimum absolute atomic E-state index is 0.434. The van der Waals surface area contributed by atoms with Crippen molar-refractivity contribution in [2.45, 2.75) is 13.3 Å². The second-order valence-electron chi connectivity index (χ2n) is 1.06. The van der Waals surface area contributed by atoms with E-state index in [2.05, 4.69) is 6.92 Å². The van der Waals surface area contributed by atoms with Crippen LogP contribution >= 0.6 is 0 Å². The molecule has 0 radical (unpaired) electrons. The Bertz CT molecular complexity index is 74.0. The molecule has 0 fully saturated rings. The Labute approximate surface area is 49.8 Å². The van der Waals surface area contributed by atoms with E-state index in [4.69, 9.17) is 22.4 Å². The molecule has 6 heavy (non-hydrogen) atoms. The molecule has 0 aliphatic carbocycles. The highest BCUT2D eigenvalue weighted by atomic mass is 33.1. The van der Waals surface area contributed by atoms with Crippen LogP contribution in [0.25, 0.3) is 0 Å². The molecule has 0 amide bonds. The maximum atomic E-state index is 4.76. The van der Waals surface area contributed by atoms with Gasteiger partial charge in [0, 0.05) is 0 Å². The lowest BCUT2D eigenvalue weighted by Gasteiger charge is -1.78. The first-order chi connectivity index (χ1) is 2.77. The molecule has 0 rings (SSSR count). The van der Waals surface area contributed by atoms with Gasteiger partial charge in [-0.3, -0.25) is 0 Å². The number of hydrogen-bond donors (Lipinski definition) is 1. The van der Waals surface area contributed by atoms with Crippen molar-refractivity contribution in [1.82, 2.24) is 0 Å². The maximum Gasteiger partial charge on any atom is -0.000805 e. The van der Waals surface area contributed by atoms with Crippen molar-refractivity contribution in [3.63, 3.8) is 0 Å². The minimum Gasteiger partial charge on any atom is -0.101 e. The summed E-state index contributed by atoms with van der Waals surface area (Å²) in [7, 11) is -0.434. The monoisotopic (exact) mass is 140 g/mol. The van der Waals surface area contributed by atoms with E-state index in [9.17, 15) is 0 Å². The topological polar surface area (TPSA) is 0 Å². The number of hydrogen-bond acceptors (Lipinski definition) is 2. The van der Waals surface area contributed by atoms with Gasteiger partial charge in [0.25, 0.3) is 0 Å². The molecule has 38 valence electrons. The van der Waals surface area contributed by atoms with Gasteiger partial charge in [-0.2, -0.15) is 0 Å². The first kappa shape index (κ1) is 6.79. The zero-order chi connectivity index (χ0) is 4.99. The number of rotatable bonds is 2. The highest BCUT2D eigenvalue weighted by Gasteiger charge is 1.69. The van der Waals surface area contributed by atoms with Crippen molar-refractivity contribution in [3.8, 4) is 0 Å². The van der Waals surface area contributed by atoms with Crippen LogP contribution in [-0.4, -0.2) is 5.75 Å². The van der Waals surface area contributed by atoms with Crippen LogP contribution < -0.4 is 0 Å². The van der Waals surface area contributed by atoms with Crippen LogP contribution in [0.1, 0.15) is 13.3 Å². The second-order valence-corrected chi connectivity index (χ2v) is 5.51. The summed E-state index contributed by atoms with van der Waals surface area (Å²) in [6, 6.07) is 0. The molecule has 0 saturated heterocycles. The molecule has 0 aliphatic heterocycles. The van der Waals surface area contributed by atoms with Gasteiger partial charge in [-0.1, -0.05) is 29.3 Å². The van der Waals surface area contributed by atoms with Crippen molar-refractivity contribution >= 4 is 30.4 Å². The summed E-state index contributed by atoms with van der Waals surface area (Å²) < 4.78 is 0. The van der Waals surface area contributed by atoms with Gasteiger partial charge in [-0.25, -0.2) is 0 Å². The van der Waals surface area contributed by atoms with Crippen LogP contribution in [0.3, 0.4) is 0 Å². The molecule has 0 aliphatic rings. The fourth-order valence-electron chi connectivity index (χ4n) is 0.183. The summed E-state index contributed by atoms with van der Waals surface area (Å²) in [5.41, 5.74) is 0. The molecule has 0 aromatic carbocycles. The molecule has 0 unspecified atom stereocenters. The van der Waals surface area contributed by atoms with E-state index in [1.807, 2.05) is 0 Å². The predicted octanol–water partition coefficient (Wildman–Crippen LogP) is 0.671. The highest BCUT2D eigenvalue weighted by Crippen LogP contribution is 1.73. The van der Waals surface area contributed by atoms with Crippen molar-refractivity contribution in [3.05, 3.63) is 0 Å². The third-order valence-corrected chi connectivity index (χ3v) is 2.31. The largest absolute Gasteiger partial charge is 0.101 e. The lowest BCUT2D eigenvalue weighted by Crippen LogP contribution is -1.76. The molecule has 3 heteroatoms. The zero-order valence-corrected chi connectivity index (χ0v) is 6.21. The van der Waals surface area contributed by atoms with Crippen LogP contribution in [0.2, 0.25) is 0 Å². The summed E-state index contributed by atoms with van der Waals surface area (Å²) in [5.74, 6) is 1.07. The van der Waals surface area contributed by atoms with Gasteiger partial charge in [-0.05, 0) is 12.2 Å². The normalized spacial score (nSPS) is 9.67. The third-order valence-electron chi connectivity index (χ3n) is 0.406. The molecule has 0 aromatic heterocycles. The maximum absolute atomic E-state index is 4.76. The van der Waals surface area contributed by atoms with Crippen molar-refractivity contribution in [1.29, 1.82) is 0 Å². The average molecular weight is 140 g/mol. The Morgan fingerprint density at radius 2 is 2.00 bits per heavy atom. The molecule has 0 heterocycles. The van der Waals surface area contributed by atoms with Gasteiger partial charge >= 0.3 is 0 Å². The lowest BCUT2D eigenvalue weighted by atomic mass is 10.6.